The Morgan fingerprint density at radius 3 is 3.13 bits per heavy atom. The zero-order valence-corrected chi connectivity index (χ0v) is 9.67. The molecule has 0 aliphatic rings. The average molecular weight is 221 g/mol. The molecule has 15 heavy (non-hydrogen) atoms. The lowest BCUT2D eigenvalue weighted by molar-refractivity contribution is 0.862. The second-order valence-electron chi connectivity index (χ2n) is 3.60. The first-order valence-corrected chi connectivity index (χ1v) is 5.69. The van der Waals surface area contributed by atoms with Gasteiger partial charge in [-0.25, -0.2) is 4.98 Å². The van der Waals surface area contributed by atoms with Gasteiger partial charge in [-0.05, 0) is 30.4 Å². The minimum atomic E-state index is 0.927. The van der Waals surface area contributed by atoms with Crippen molar-refractivity contribution in [2.75, 3.05) is 24.2 Å². The van der Waals surface area contributed by atoms with Crippen LogP contribution in [-0.2, 0) is 0 Å². The molecule has 2 aromatic rings. The maximum atomic E-state index is 4.21. The molecule has 0 bridgehead atoms. The van der Waals surface area contributed by atoms with Gasteiger partial charge in [-0.2, -0.15) is 12.6 Å². The largest absolute Gasteiger partial charge is 0.375 e. The van der Waals surface area contributed by atoms with Gasteiger partial charge in [-0.15, -0.1) is 0 Å². The van der Waals surface area contributed by atoms with E-state index in [1.54, 1.807) is 6.33 Å². The predicted octanol–water partition coefficient (Wildman–Crippen LogP) is 2.32. The second-order valence-corrected chi connectivity index (χ2v) is 4.05. The van der Waals surface area contributed by atoms with Crippen LogP contribution >= 0.6 is 12.6 Å². The molecule has 0 saturated carbocycles. The van der Waals surface area contributed by atoms with Crippen molar-refractivity contribution in [2.45, 2.75) is 6.42 Å². The molecular weight excluding hydrogens is 206 g/mol. The van der Waals surface area contributed by atoms with Crippen molar-refractivity contribution in [1.82, 2.24) is 9.97 Å². The normalized spacial score (nSPS) is 10.8. The smallest absolute Gasteiger partial charge is 0.0931 e. The van der Waals surface area contributed by atoms with Gasteiger partial charge in [0.05, 0.1) is 17.4 Å². The third kappa shape index (κ3) is 2.26. The standard InChI is InChI=1S/C11H15N3S/c1-14(5-2-6-15)9-3-4-10-11(7-9)13-8-12-10/h3-4,7-8,15H,2,5-6H2,1H3,(H,12,13). The lowest BCUT2D eigenvalue weighted by atomic mass is 10.2. The van der Waals surface area contributed by atoms with Gasteiger partial charge >= 0.3 is 0 Å². The van der Waals surface area contributed by atoms with Crippen molar-refractivity contribution in [1.29, 1.82) is 0 Å². The molecule has 0 spiro atoms. The Bertz CT molecular complexity index is 438. The van der Waals surface area contributed by atoms with Crippen LogP contribution in [0.3, 0.4) is 0 Å². The first-order chi connectivity index (χ1) is 7.31. The third-order valence-corrected chi connectivity index (χ3v) is 2.81. The minimum absolute atomic E-state index is 0.927. The fourth-order valence-corrected chi connectivity index (χ4v) is 1.74. The van der Waals surface area contributed by atoms with Crippen LogP contribution in [-0.4, -0.2) is 29.3 Å². The van der Waals surface area contributed by atoms with E-state index < -0.39 is 0 Å². The van der Waals surface area contributed by atoms with Gasteiger partial charge in [0.25, 0.3) is 0 Å². The molecule has 80 valence electrons. The van der Waals surface area contributed by atoms with Crippen molar-refractivity contribution in [2.24, 2.45) is 0 Å². The Morgan fingerprint density at radius 1 is 1.47 bits per heavy atom. The zero-order chi connectivity index (χ0) is 10.7. The number of nitrogens with zero attached hydrogens (tertiary/aromatic N) is 2. The number of H-pyrrole nitrogens is 1. The quantitative estimate of drug-likeness (QED) is 0.777. The SMILES string of the molecule is CN(CCCS)c1ccc2nc[nH]c2c1. The highest BCUT2D eigenvalue weighted by Gasteiger charge is 2.02. The van der Waals surface area contributed by atoms with Crippen molar-refractivity contribution in [3.8, 4) is 0 Å². The number of hydrogen-bond acceptors (Lipinski definition) is 3. The van der Waals surface area contributed by atoms with Crippen molar-refractivity contribution in [3.05, 3.63) is 24.5 Å². The summed E-state index contributed by atoms with van der Waals surface area (Å²) in [7, 11) is 2.10. The van der Waals surface area contributed by atoms with E-state index in [4.69, 9.17) is 0 Å². The predicted molar refractivity (Wildman–Crippen MR) is 67.8 cm³/mol. The lowest BCUT2D eigenvalue weighted by Gasteiger charge is -2.18. The molecule has 2 rings (SSSR count). The molecule has 3 nitrogen and oxygen atoms in total. The maximum absolute atomic E-state index is 4.21. The van der Waals surface area contributed by atoms with Gasteiger partial charge < -0.3 is 9.88 Å². The molecular formula is C11H15N3S. The van der Waals surface area contributed by atoms with Crippen LogP contribution in [0.2, 0.25) is 0 Å². The second kappa shape index (κ2) is 4.57. The first-order valence-electron chi connectivity index (χ1n) is 5.06. The minimum Gasteiger partial charge on any atom is -0.375 e. The van der Waals surface area contributed by atoms with Gasteiger partial charge in [0, 0.05) is 19.3 Å². The van der Waals surface area contributed by atoms with Crippen LogP contribution in [0.5, 0.6) is 0 Å². The van der Waals surface area contributed by atoms with Crippen LogP contribution in [0.4, 0.5) is 5.69 Å². The Hall–Kier alpha value is -1.16. The Labute approximate surface area is 94.9 Å². The van der Waals surface area contributed by atoms with Crippen LogP contribution in [0.15, 0.2) is 24.5 Å². The molecule has 0 aliphatic heterocycles. The van der Waals surface area contributed by atoms with Crippen LogP contribution in [0.1, 0.15) is 6.42 Å². The van der Waals surface area contributed by atoms with Crippen LogP contribution < -0.4 is 4.90 Å². The summed E-state index contributed by atoms with van der Waals surface area (Å²) in [6.45, 7) is 1.03. The fourth-order valence-electron chi connectivity index (χ4n) is 1.60. The molecule has 0 radical (unpaired) electrons. The summed E-state index contributed by atoms with van der Waals surface area (Å²) >= 11 is 4.21. The zero-order valence-electron chi connectivity index (χ0n) is 8.77. The lowest BCUT2D eigenvalue weighted by Crippen LogP contribution is -2.18. The molecule has 1 N–H and O–H groups in total. The van der Waals surface area contributed by atoms with Gasteiger partial charge in [0.2, 0.25) is 0 Å². The summed E-state index contributed by atoms with van der Waals surface area (Å²) in [4.78, 5) is 9.55. The molecule has 4 heteroatoms. The first kappa shape index (κ1) is 10.4. The molecule has 0 unspecified atom stereocenters. The number of fused-ring (bicyclic) bond motifs is 1. The molecule has 0 amide bonds. The van der Waals surface area contributed by atoms with Crippen molar-refractivity contribution in [3.63, 3.8) is 0 Å². The molecule has 0 aliphatic carbocycles. The number of rotatable bonds is 4. The maximum Gasteiger partial charge on any atom is 0.0931 e. The highest BCUT2D eigenvalue weighted by Crippen LogP contribution is 2.18. The van der Waals surface area contributed by atoms with Crippen molar-refractivity contribution < 1.29 is 0 Å². The Balaban J connectivity index is 2.19. The van der Waals surface area contributed by atoms with E-state index >= 15 is 0 Å². The molecule has 0 saturated heterocycles. The Kier molecular flexibility index (Phi) is 3.16. The number of anilines is 1. The number of aromatic amines is 1. The number of imidazole rings is 1. The number of hydrogen-bond donors (Lipinski definition) is 2. The molecule has 1 aromatic heterocycles. The molecule has 0 atom stereocenters. The van der Waals surface area contributed by atoms with Crippen LogP contribution in [0, 0.1) is 0 Å². The Morgan fingerprint density at radius 2 is 2.33 bits per heavy atom. The van der Waals surface area contributed by atoms with E-state index in [-0.39, 0.29) is 0 Å². The van der Waals surface area contributed by atoms with E-state index in [1.807, 2.05) is 6.07 Å². The number of aromatic nitrogens is 2. The van der Waals surface area contributed by atoms with Gasteiger partial charge in [0.15, 0.2) is 0 Å². The topological polar surface area (TPSA) is 31.9 Å². The van der Waals surface area contributed by atoms with E-state index in [2.05, 4.69) is 46.7 Å². The van der Waals surface area contributed by atoms with Gasteiger partial charge in [0.1, 0.15) is 0 Å². The van der Waals surface area contributed by atoms with Crippen molar-refractivity contribution >= 4 is 29.3 Å². The summed E-state index contributed by atoms with van der Waals surface area (Å²) in [5.41, 5.74) is 3.32. The summed E-state index contributed by atoms with van der Waals surface area (Å²) in [5, 5.41) is 0. The third-order valence-electron chi connectivity index (χ3n) is 2.50. The van der Waals surface area contributed by atoms with E-state index in [0.717, 1.165) is 29.8 Å². The van der Waals surface area contributed by atoms with E-state index in [1.165, 1.54) is 5.69 Å². The van der Waals surface area contributed by atoms with Gasteiger partial charge in [-0.3, -0.25) is 0 Å². The molecule has 1 aromatic carbocycles. The highest BCUT2D eigenvalue weighted by atomic mass is 32.1. The van der Waals surface area contributed by atoms with Crippen LogP contribution in [0.25, 0.3) is 11.0 Å². The number of benzene rings is 1. The average Bonchev–Trinajstić information content (AvgIpc) is 2.72. The fraction of sp³-hybridized carbons (Fsp3) is 0.364. The highest BCUT2D eigenvalue weighted by molar-refractivity contribution is 7.80. The summed E-state index contributed by atoms with van der Waals surface area (Å²) < 4.78 is 0. The summed E-state index contributed by atoms with van der Waals surface area (Å²) in [6.07, 6.45) is 2.82. The molecule has 1 heterocycles. The number of thiol groups is 1. The summed E-state index contributed by atoms with van der Waals surface area (Å²) in [6, 6.07) is 6.26. The number of nitrogens with one attached hydrogen (secondary N) is 1. The van der Waals surface area contributed by atoms with E-state index in [9.17, 15) is 0 Å². The monoisotopic (exact) mass is 221 g/mol. The van der Waals surface area contributed by atoms with E-state index in [0.29, 0.717) is 0 Å². The molecule has 0 fully saturated rings. The van der Waals surface area contributed by atoms with Gasteiger partial charge in [-0.1, -0.05) is 0 Å². The summed E-state index contributed by atoms with van der Waals surface area (Å²) in [5.74, 6) is 0.927.